The Morgan fingerprint density at radius 2 is 1.67 bits per heavy atom. The molecule has 0 saturated carbocycles. The molecule has 0 unspecified atom stereocenters. The predicted molar refractivity (Wildman–Crippen MR) is 85.2 cm³/mol. The molecule has 9 heteroatoms. The van der Waals surface area contributed by atoms with Gasteiger partial charge in [-0.25, -0.2) is 8.42 Å². The third-order valence-corrected chi connectivity index (χ3v) is 5.75. The molecule has 1 fully saturated rings. The summed E-state index contributed by atoms with van der Waals surface area (Å²) in [6, 6.07) is 6.13. The first-order valence-electron chi connectivity index (χ1n) is 7.48. The second-order valence-electron chi connectivity index (χ2n) is 5.35. The Bertz CT molecular complexity index is 693. The van der Waals surface area contributed by atoms with Crippen molar-refractivity contribution in [2.24, 2.45) is 0 Å². The second kappa shape index (κ2) is 7.63. The maximum Gasteiger partial charge on any atom is 0.303 e. The summed E-state index contributed by atoms with van der Waals surface area (Å²) in [6.45, 7) is 0.891. The van der Waals surface area contributed by atoms with Crippen molar-refractivity contribution < 1.29 is 27.9 Å². The minimum Gasteiger partial charge on any atom is -0.497 e. The predicted octanol–water partition coefficient (Wildman–Crippen LogP) is 0.393. The van der Waals surface area contributed by atoms with Gasteiger partial charge < -0.3 is 14.7 Å². The first-order chi connectivity index (χ1) is 11.3. The Labute approximate surface area is 140 Å². The van der Waals surface area contributed by atoms with Crippen LogP contribution in [0.3, 0.4) is 0 Å². The van der Waals surface area contributed by atoms with Crippen LogP contribution in [0.1, 0.15) is 12.8 Å². The molecule has 0 radical (unpaired) electrons. The van der Waals surface area contributed by atoms with Crippen molar-refractivity contribution in [1.29, 1.82) is 0 Å². The van der Waals surface area contributed by atoms with Gasteiger partial charge in [0, 0.05) is 32.6 Å². The molecule has 24 heavy (non-hydrogen) atoms. The molecule has 8 nitrogen and oxygen atoms in total. The van der Waals surface area contributed by atoms with Crippen molar-refractivity contribution in [3.63, 3.8) is 0 Å². The lowest BCUT2D eigenvalue weighted by Crippen LogP contribution is -2.50. The maximum absolute atomic E-state index is 12.6. The molecular weight excluding hydrogens is 336 g/mol. The van der Waals surface area contributed by atoms with E-state index in [1.54, 1.807) is 12.1 Å². The van der Waals surface area contributed by atoms with Gasteiger partial charge in [0.2, 0.25) is 15.9 Å². The van der Waals surface area contributed by atoms with Crippen LogP contribution in [-0.4, -0.2) is 67.9 Å². The lowest BCUT2D eigenvalue weighted by Gasteiger charge is -2.34. The van der Waals surface area contributed by atoms with Crippen LogP contribution >= 0.6 is 0 Å². The van der Waals surface area contributed by atoms with E-state index >= 15 is 0 Å². The number of rotatable bonds is 6. The number of carboxylic acid groups (broad SMARTS) is 1. The highest BCUT2D eigenvalue weighted by Gasteiger charge is 2.30. The first-order valence-corrected chi connectivity index (χ1v) is 8.92. The number of carboxylic acids is 1. The Morgan fingerprint density at radius 3 is 2.17 bits per heavy atom. The minimum absolute atomic E-state index is 0.0689. The van der Waals surface area contributed by atoms with Gasteiger partial charge in [0.15, 0.2) is 0 Å². The van der Waals surface area contributed by atoms with E-state index in [9.17, 15) is 18.0 Å². The lowest BCUT2D eigenvalue weighted by molar-refractivity contribution is -0.141. The van der Waals surface area contributed by atoms with Crippen molar-refractivity contribution in [2.75, 3.05) is 33.3 Å². The summed E-state index contributed by atoms with van der Waals surface area (Å²) in [6.07, 6.45) is -0.288. The van der Waals surface area contributed by atoms with Crippen molar-refractivity contribution >= 4 is 21.9 Å². The van der Waals surface area contributed by atoms with Crippen LogP contribution in [0.5, 0.6) is 5.75 Å². The molecule has 2 rings (SSSR count). The van der Waals surface area contributed by atoms with Gasteiger partial charge in [0.25, 0.3) is 0 Å². The number of methoxy groups -OCH3 is 1. The number of sulfonamides is 1. The van der Waals surface area contributed by atoms with Crippen LogP contribution in [0.15, 0.2) is 29.2 Å². The molecule has 132 valence electrons. The number of nitrogens with zero attached hydrogens (tertiary/aromatic N) is 2. The Hall–Kier alpha value is -2.13. The van der Waals surface area contributed by atoms with Crippen molar-refractivity contribution in [1.82, 2.24) is 9.21 Å². The monoisotopic (exact) mass is 356 g/mol. The Balaban J connectivity index is 1.97. The quantitative estimate of drug-likeness (QED) is 0.791. The van der Waals surface area contributed by atoms with Gasteiger partial charge in [-0.2, -0.15) is 4.31 Å². The van der Waals surface area contributed by atoms with Gasteiger partial charge in [-0.3, -0.25) is 9.59 Å². The van der Waals surface area contributed by atoms with Crippen molar-refractivity contribution in [2.45, 2.75) is 17.7 Å². The van der Waals surface area contributed by atoms with Gasteiger partial charge in [0.1, 0.15) is 5.75 Å². The van der Waals surface area contributed by atoms with E-state index in [1.807, 2.05) is 0 Å². The fourth-order valence-corrected chi connectivity index (χ4v) is 3.87. The van der Waals surface area contributed by atoms with Crippen LogP contribution in [0, 0.1) is 0 Å². The number of hydrogen-bond donors (Lipinski definition) is 1. The number of piperazine rings is 1. The minimum atomic E-state index is -3.62. The fraction of sp³-hybridized carbons (Fsp3) is 0.467. The summed E-state index contributed by atoms with van der Waals surface area (Å²) in [5.74, 6) is -0.717. The maximum atomic E-state index is 12.6. The Morgan fingerprint density at radius 1 is 1.08 bits per heavy atom. The molecular formula is C15H20N2O6S. The normalized spacial score (nSPS) is 16.0. The summed E-state index contributed by atoms with van der Waals surface area (Å²) < 4.78 is 31.5. The molecule has 0 bridgehead atoms. The van der Waals surface area contributed by atoms with Crippen LogP contribution < -0.4 is 4.74 Å². The van der Waals surface area contributed by atoms with Gasteiger partial charge >= 0.3 is 5.97 Å². The first kappa shape index (κ1) is 18.2. The number of ether oxygens (including phenoxy) is 1. The summed E-state index contributed by atoms with van der Waals surface area (Å²) in [5, 5.41) is 8.61. The molecule has 1 aliphatic heterocycles. The number of benzene rings is 1. The molecule has 1 aliphatic rings. The molecule has 0 spiro atoms. The average molecular weight is 356 g/mol. The molecule has 0 aliphatic carbocycles. The summed E-state index contributed by atoms with van der Waals surface area (Å²) in [5.41, 5.74) is 0. The standard InChI is InChI=1S/C15H20N2O6S/c1-23-12-2-4-13(5-3-12)24(21,22)17-10-8-16(9-11-17)14(18)6-7-15(19)20/h2-5H,6-11H2,1H3,(H,19,20). The summed E-state index contributed by atoms with van der Waals surface area (Å²) in [4.78, 5) is 24.1. The van der Waals surface area contributed by atoms with Crippen LogP contribution in [0.25, 0.3) is 0 Å². The molecule has 1 saturated heterocycles. The zero-order valence-corrected chi connectivity index (χ0v) is 14.2. The lowest BCUT2D eigenvalue weighted by atomic mass is 10.2. The van der Waals surface area contributed by atoms with E-state index in [0.29, 0.717) is 5.75 Å². The van der Waals surface area contributed by atoms with Crippen LogP contribution in [0.4, 0.5) is 0 Å². The van der Waals surface area contributed by atoms with Gasteiger partial charge in [0.05, 0.1) is 18.4 Å². The van der Waals surface area contributed by atoms with Crippen molar-refractivity contribution in [3.8, 4) is 5.75 Å². The number of aliphatic carboxylic acids is 1. The number of carbonyl (C=O) groups is 2. The van der Waals surface area contributed by atoms with E-state index in [-0.39, 0.29) is 49.8 Å². The van der Waals surface area contributed by atoms with E-state index < -0.39 is 16.0 Å². The number of hydrogen-bond acceptors (Lipinski definition) is 5. The van der Waals surface area contributed by atoms with E-state index in [0.717, 1.165) is 0 Å². The zero-order chi connectivity index (χ0) is 17.7. The molecule has 1 aromatic rings. The highest BCUT2D eigenvalue weighted by atomic mass is 32.2. The molecule has 1 N–H and O–H groups in total. The Kier molecular flexibility index (Phi) is 5.79. The molecule has 0 aromatic heterocycles. The van der Waals surface area contributed by atoms with E-state index in [4.69, 9.17) is 9.84 Å². The van der Waals surface area contributed by atoms with Gasteiger partial charge in [-0.1, -0.05) is 0 Å². The molecule has 1 aromatic carbocycles. The van der Waals surface area contributed by atoms with Crippen LogP contribution in [0.2, 0.25) is 0 Å². The number of amides is 1. The molecule has 0 atom stereocenters. The SMILES string of the molecule is COc1ccc(S(=O)(=O)N2CCN(C(=O)CCC(=O)O)CC2)cc1. The summed E-state index contributed by atoms with van der Waals surface area (Å²) in [7, 11) is -2.11. The number of carbonyl (C=O) groups excluding carboxylic acids is 1. The van der Waals surface area contributed by atoms with E-state index in [2.05, 4.69) is 0 Å². The van der Waals surface area contributed by atoms with Crippen LogP contribution in [-0.2, 0) is 19.6 Å². The van der Waals surface area contributed by atoms with Crippen molar-refractivity contribution in [3.05, 3.63) is 24.3 Å². The summed E-state index contributed by atoms with van der Waals surface area (Å²) >= 11 is 0. The highest BCUT2D eigenvalue weighted by molar-refractivity contribution is 7.89. The zero-order valence-electron chi connectivity index (χ0n) is 13.3. The molecule has 1 heterocycles. The smallest absolute Gasteiger partial charge is 0.303 e. The third-order valence-electron chi connectivity index (χ3n) is 3.84. The largest absolute Gasteiger partial charge is 0.497 e. The fourth-order valence-electron chi connectivity index (χ4n) is 2.45. The molecule has 1 amide bonds. The second-order valence-corrected chi connectivity index (χ2v) is 7.29. The highest BCUT2D eigenvalue weighted by Crippen LogP contribution is 2.20. The third kappa shape index (κ3) is 4.24. The van der Waals surface area contributed by atoms with E-state index in [1.165, 1.54) is 28.4 Å². The topological polar surface area (TPSA) is 104 Å². The van der Waals surface area contributed by atoms with Gasteiger partial charge in [-0.05, 0) is 24.3 Å². The average Bonchev–Trinajstić information content (AvgIpc) is 2.59. The van der Waals surface area contributed by atoms with Gasteiger partial charge in [-0.15, -0.1) is 0 Å².